The first-order chi connectivity index (χ1) is 5.52. The Morgan fingerprint density at radius 3 is 1.50 bits per heavy atom. The summed E-state index contributed by atoms with van der Waals surface area (Å²) >= 11 is 0. The van der Waals surface area contributed by atoms with Crippen LogP contribution in [0, 0.1) is 0 Å². The van der Waals surface area contributed by atoms with Gasteiger partial charge in [-0.05, 0) is 38.8 Å². The molecule has 0 aromatic heterocycles. The number of rotatable bonds is 0. The van der Waals surface area contributed by atoms with Gasteiger partial charge in [0.1, 0.15) is 5.78 Å². The monoisotopic (exact) mass is 164 g/mol. The van der Waals surface area contributed by atoms with E-state index >= 15 is 0 Å². The van der Waals surface area contributed by atoms with Crippen molar-refractivity contribution < 1.29 is 4.79 Å². The lowest BCUT2D eigenvalue weighted by Crippen LogP contribution is -1.85. The highest BCUT2D eigenvalue weighted by Gasteiger charge is 2.22. The van der Waals surface area contributed by atoms with Crippen LogP contribution in [0.2, 0.25) is 0 Å². The molecular weight excluding hydrogens is 148 g/mol. The summed E-state index contributed by atoms with van der Waals surface area (Å²) in [7, 11) is 0. The minimum Gasteiger partial charge on any atom is -0.299 e. The molecule has 1 heteroatoms. The smallest absolute Gasteiger partial charge is 0.141 e. The maximum atomic E-state index is 11.2. The second-order valence-electron chi connectivity index (χ2n) is 3.85. The van der Waals surface area contributed by atoms with E-state index in [0.717, 1.165) is 0 Å². The molecule has 0 unspecified atom stereocenters. The molecular formula is C11H16O. The lowest BCUT2D eigenvalue weighted by molar-refractivity contribution is -0.116. The van der Waals surface area contributed by atoms with E-state index in [-0.39, 0.29) is 0 Å². The Bertz CT molecular complexity index is 243. The Kier molecular flexibility index (Phi) is 2.51. The van der Waals surface area contributed by atoms with Crippen molar-refractivity contribution in [3.63, 3.8) is 0 Å². The molecule has 1 aliphatic carbocycles. The first-order valence-electron chi connectivity index (χ1n) is 4.37. The van der Waals surface area contributed by atoms with Gasteiger partial charge in [0.15, 0.2) is 0 Å². The molecule has 1 aliphatic rings. The highest BCUT2D eigenvalue weighted by atomic mass is 16.1. The molecule has 1 nitrogen and oxygen atoms in total. The quantitative estimate of drug-likeness (QED) is 0.538. The second-order valence-corrected chi connectivity index (χ2v) is 3.85. The van der Waals surface area contributed by atoms with Gasteiger partial charge in [-0.25, -0.2) is 0 Å². The lowest BCUT2D eigenvalue weighted by Gasteiger charge is -2.04. The zero-order valence-electron chi connectivity index (χ0n) is 8.32. The van der Waals surface area contributed by atoms with Crippen molar-refractivity contribution in [3.8, 4) is 0 Å². The van der Waals surface area contributed by atoms with Crippen molar-refractivity contribution in [1.29, 1.82) is 0 Å². The average Bonchev–Trinajstić information content (AvgIpc) is 2.31. The van der Waals surface area contributed by atoms with Crippen molar-refractivity contribution in [3.05, 3.63) is 22.3 Å². The molecule has 1 fully saturated rings. The number of carbonyl (C=O) groups excluding carboxylic acids is 1. The van der Waals surface area contributed by atoms with Gasteiger partial charge in [0, 0.05) is 12.8 Å². The van der Waals surface area contributed by atoms with Crippen LogP contribution < -0.4 is 0 Å². The molecule has 0 saturated heterocycles. The fraction of sp³-hybridized carbons (Fsp3) is 0.545. The second kappa shape index (κ2) is 3.26. The van der Waals surface area contributed by atoms with Gasteiger partial charge in [-0.1, -0.05) is 11.1 Å². The van der Waals surface area contributed by atoms with E-state index in [1.807, 2.05) is 0 Å². The van der Waals surface area contributed by atoms with Crippen molar-refractivity contribution in [2.75, 3.05) is 0 Å². The topological polar surface area (TPSA) is 17.1 Å². The molecule has 12 heavy (non-hydrogen) atoms. The van der Waals surface area contributed by atoms with Crippen LogP contribution in [0.1, 0.15) is 40.5 Å². The number of hydrogen-bond donors (Lipinski definition) is 0. The summed E-state index contributed by atoms with van der Waals surface area (Å²) in [6.45, 7) is 8.32. The lowest BCUT2D eigenvalue weighted by atomic mass is 10.0. The molecule has 0 atom stereocenters. The molecule has 0 aliphatic heterocycles. The summed E-state index contributed by atoms with van der Waals surface area (Å²) in [5, 5.41) is 0. The summed E-state index contributed by atoms with van der Waals surface area (Å²) in [6.07, 6.45) is 1.31. The summed E-state index contributed by atoms with van der Waals surface area (Å²) in [4.78, 5) is 11.2. The summed E-state index contributed by atoms with van der Waals surface area (Å²) < 4.78 is 0. The molecule has 0 radical (unpaired) electrons. The summed E-state index contributed by atoms with van der Waals surface area (Å²) in [6, 6.07) is 0. The molecule has 0 aromatic rings. The van der Waals surface area contributed by atoms with E-state index in [1.165, 1.54) is 22.3 Å². The van der Waals surface area contributed by atoms with Gasteiger partial charge in [-0.15, -0.1) is 0 Å². The summed E-state index contributed by atoms with van der Waals surface area (Å²) in [5.74, 6) is 0.363. The van der Waals surface area contributed by atoms with Gasteiger partial charge in [0.2, 0.25) is 0 Å². The molecule has 0 aromatic carbocycles. The highest BCUT2D eigenvalue weighted by molar-refractivity contribution is 5.90. The fourth-order valence-corrected chi connectivity index (χ4v) is 1.63. The highest BCUT2D eigenvalue weighted by Crippen LogP contribution is 2.32. The Morgan fingerprint density at radius 1 is 0.917 bits per heavy atom. The van der Waals surface area contributed by atoms with Crippen LogP contribution in [0.15, 0.2) is 22.3 Å². The minimum atomic E-state index is 0.363. The van der Waals surface area contributed by atoms with Crippen molar-refractivity contribution in [2.24, 2.45) is 0 Å². The van der Waals surface area contributed by atoms with Gasteiger partial charge in [-0.2, -0.15) is 0 Å². The van der Waals surface area contributed by atoms with Gasteiger partial charge in [0.25, 0.3) is 0 Å². The Balaban J connectivity index is 3.13. The van der Waals surface area contributed by atoms with Gasteiger partial charge < -0.3 is 0 Å². The van der Waals surface area contributed by atoms with Gasteiger partial charge in [0.05, 0.1) is 0 Å². The van der Waals surface area contributed by atoms with E-state index in [0.29, 0.717) is 18.6 Å². The van der Waals surface area contributed by atoms with Crippen LogP contribution >= 0.6 is 0 Å². The minimum absolute atomic E-state index is 0.363. The predicted octanol–water partition coefficient (Wildman–Crippen LogP) is 3.02. The standard InChI is InChI=1S/C11H16O/c1-7(2)10-5-9(12)6-11(10)8(3)4/h5-6H2,1-4H3. The van der Waals surface area contributed by atoms with Gasteiger partial charge in [-0.3, -0.25) is 4.79 Å². The maximum absolute atomic E-state index is 11.2. The molecule has 0 N–H and O–H groups in total. The van der Waals surface area contributed by atoms with Crippen LogP contribution in [0.4, 0.5) is 0 Å². The van der Waals surface area contributed by atoms with Crippen LogP contribution in [0.3, 0.4) is 0 Å². The van der Waals surface area contributed by atoms with Crippen molar-refractivity contribution in [2.45, 2.75) is 40.5 Å². The molecule has 66 valence electrons. The molecule has 0 amide bonds. The molecule has 1 saturated carbocycles. The Morgan fingerprint density at radius 2 is 1.25 bits per heavy atom. The third kappa shape index (κ3) is 1.66. The molecule has 0 bridgehead atoms. The average molecular weight is 164 g/mol. The normalized spacial score (nSPS) is 17.2. The van der Waals surface area contributed by atoms with E-state index in [1.54, 1.807) is 0 Å². The molecule has 0 heterocycles. The van der Waals surface area contributed by atoms with Crippen LogP contribution in [0.5, 0.6) is 0 Å². The van der Waals surface area contributed by atoms with E-state index in [2.05, 4.69) is 27.7 Å². The first-order valence-corrected chi connectivity index (χ1v) is 4.37. The van der Waals surface area contributed by atoms with Crippen LogP contribution in [-0.4, -0.2) is 5.78 Å². The number of ketones is 1. The van der Waals surface area contributed by atoms with Crippen molar-refractivity contribution in [1.82, 2.24) is 0 Å². The maximum Gasteiger partial charge on any atom is 0.141 e. The number of allylic oxidation sites excluding steroid dienone is 4. The predicted molar refractivity (Wildman–Crippen MR) is 51.0 cm³/mol. The van der Waals surface area contributed by atoms with Crippen molar-refractivity contribution >= 4 is 5.78 Å². The largest absolute Gasteiger partial charge is 0.299 e. The summed E-state index contributed by atoms with van der Waals surface area (Å²) in [5.41, 5.74) is 5.13. The third-order valence-corrected chi connectivity index (χ3v) is 2.32. The molecule has 0 spiro atoms. The van der Waals surface area contributed by atoms with E-state index < -0.39 is 0 Å². The number of hydrogen-bond acceptors (Lipinski definition) is 1. The number of Topliss-reactive ketones (excluding diaryl/α,β-unsaturated/α-hetero) is 1. The molecule has 1 rings (SSSR count). The zero-order chi connectivity index (χ0) is 9.30. The third-order valence-electron chi connectivity index (χ3n) is 2.32. The zero-order valence-corrected chi connectivity index (χ0v) is 8.32. The SMILES string of the molecule is CC(C)=C1CC(=O)CC1=C(C)C. The van der Waals surface area contributed by atoms with Crippen LogP contribution in [-0.2, 0) is 4.79 Å². The Labute approximate surface area is 74.2 Å². The van der Waals surface area contributed by atoms with Gasteiger partial charge >= 0.3 is 0 Å². The fourth-order valence-electron chi connectivity index (χ4n) is 1.63. The Hall–Kier alpha value is -0.850. The first kappa shape index (κ1) is 9.24. The van der Waals surface area contributed by atoms with E-state index in [9.17, 15) is 4.79 Å². The van der Waals surface area contributed by atoms with E-state index in [4.69, 9.17) is 0 Å². The van der Waals surface area contributed by atoms with Crippen LogP contribution in [0.25, 0.3) is 0 Å². The number of carbonyl (C=O) groups is 1.